The average Bonchev–Trinajstić information content (AvgIpc) is 2.80. The third-order valence-corrected chi connectivity index (χ3v) is 4.62. The zero-order valence-corrected chi connectivity index (χ0v) is 15.3. The lowest BCUT2D eigenvalue weighted by atomic mass is 10.1. The van der Waals surface area contributed by atoms with E-state index in [1.165, 1.54) is 6.20 Å². The van der Waals surface area contributed by atoms with Gasteiger partial charge in [-0.2, -0.15) is 0 Å². The van der Waals surface area contributed by atoms with Crippen LogP contribution in [0.5, 0.6) is 0 Å². The third-order valence-electron chi connectivity index (χ3n) is 4.20. The van der Waals surface area contributed by atoms with Gasteiger partial charge in [0.1, 0.15) is 22.9 Å². The molecule has 0 spiro atoms. The zero-order chi connectivity index (χ0) is 19.8. The minimum absolute atomic E-state index is 0.183. The number of nitrogens with two attached hydrogens (primary N) is 1. The number of nitrogens with one attached hydrogen (secondary N) is 1. The van der Waals surface area contributed by atoms with Crippen LogP contribution in [0.4, 0.5) is 4.39 Å². The minimum Gasteiger partial charge on any atom is -0.458 e. The van der Waals surface area contributed by atoms with Crippen LogP contribution in [0.3, 0.4) is 0 Å². The van der Waals surface area contributed by atoms with Crippen LogP contribution in [0.2, 0.25) is 0 Å². The molecule has 2 heterocycles. The number of hydrogen-bond donors (Lipinski definition) is 4. The van der Waals surface area contributed by atoms with Gasteiger partial charge in [-0.1, -0.05) is 26.1 Å². The van der Waals surface area contributed by atoms with E-state index in [0.29, 0.717) is 5.56 Å². The van der Waals surface area contributed by atoms with Crippen LogP contribution in [0.25, 0.3) is 0 Å². The molecule has 26 heavy (non-hydrogen) atoms. The monoisotopic (exact) mass is 391 g/mol. The predicted octanol–water partition coefficient (Wildman–Crippen LogP) is -0.343. The molecule has 1 saturated heterocycles. The SMILES string of the molecule is Cc1cn([C@@H]2O[C@](F)(COC(=O)[C@@H](N)C(C)C)[C@@H](O)[C@H]2O)c(=O)[nH]c1=S. The zero-order valence-electron chi connectivity index (χ0n) is 14.5. The molecule has 0 amide bonds. The van der Waals surface area contributed by atoms with Crippen LogP contribution in [0.15, 0.2) is 11.0 Å². The van der Waals surface area contributed by atoms with E-state index in [2.05, 4.69) is 4.98 Å². The summed E-state index contributed by atoms with van der Waals surface area (Å²) < 4.78 is 25.8. The van der Waals surface area contributed by atoms with E-state index in [-0.39, 0.29) is 10.6 Å². The van der Waals surface area contributed by atoms with Crippen LogP contribution < -0.4 is 11.4 Å². The highest BCUT2D eigenvalue weighted by Crippen LogP contribution is 2.38. The van der Waals surface area contributed by atoms with Crippen LogP contribution in [-0.2, 0) is 14.3 Å². The molecule has 1 fully saturated rings. The molecule has 2 rings (SSSR count). The number of rotatable bonds is 5. The molecule has 0 bridgehead atoms. The molecule has 11 heteroatoms. The van der Waals surface area contributed by atoms with Gasteiger partial charge in [-0.15, -0.1) is 0 Å². The fraction of sp³-hybridized carbons (Fsp3) is 0.667. The summed E-state index contributed by atoms with van der Waals surface area (Å²) >= 11 is 4.92. The molecular weight excluding hydrogens is 369 g/mol. The van der Waals surface area contributed by atoms with Gasteiger partial charge in [0.25, 0.3) is 5.85 Å². The van der Waals surface area contributed by atoms with E-state index in [1.54, 1.807) is 20.8 Å². The molecule has 1 aliphatic heterocycles. The van der Waals surface area contributed by atoms with E-state index < -0.39 is 48.6 Å². The Labute approximate surface area is 153 Å². The van der Waals surface area contributed by atoms with Gasteiger partial charge in [0.15, 0.2) is 12.8 Å². The summed E-state index contributed by atoms with van der Waals surface area (Å²) in [7, 11) is 0. The highest BCUT2D eigenvalue weighted by atomic mass is 32.1. The normalized spacial score (nSPS) is 29.8. The van der Waals surface area contributed by atoms with E-state index in [1.807, 2.05) is 0 Å². The first-order valence-corrected chi connectivity index (χ1v) is 8.36. The topological polar surface area (TPSA) is 140 Å². The minimum atomic E-state index is -2.91. The Morgan fingerprint density at radius 2 is 2.19 bits per heavy atom. The number of ether oxygens (including phenoxy) is 2. The molecule has 0 saturated carbocycles. The number of aromatic nitrogens is 2. The van der Waals surface area contributed by atoms with Crippen LogP contribution in [0.1, 0.15) is 25.6 Å². The molecule has 1 aliphatic rings. The van der Waals surface area contributed by atoms with Crippen molar-refractivity contribution in [1.29, 1.82) is 0 Å². The second kappa shape index (κ2) is 7.53. The predicted molar refractivity (Wildman–Crippen MR) is 90.4 cm³/mol. The molecule has 146 valence electrons. The highest BCUT2D eigenvalue weighted by Gasteiger charge is 2.57. The number of carbonyl (C=O) groups is 1. The van der Waals surface area contributed by atoms with Crippen molar-refractivity contribution in [3.05, 3.63) is 26.9 Å². The van der Waals surface area contributed by atoms with Crippen molar-refractivity contribution >= 4 is 18.2 Å². The van der Waals surface area contributed by atoms with Gasteiger partial charge in [0.2, 0.25) is 0 Å². The molecule has 0 radical (unpaired) electrons. The number of carbonyl (C=O) groups excluding carboxylic acids is 1. The second-order valence-corrected chi connectivity index (χ2v) is 6.99. The fourth-order valence-electron chi connectivity index (χ4n) is 2.40. The average molecular weight is 391 g/mol. The fourth-order valence-corrected chi connectivity index (χ4v) is 2.54. The van der Waals surface area contributed by atoms with Gasteiger partial charge in [0, 0.05) is 11.8 Å². The van der Waals surface area contributed by atoms with Crippen molar-refractivity contribution in [2.24, 2.45) is 11.7 Å². The largest absolute Gasteiger partial charge is 0.458 e. The summed E-state index contributed by atoms with van der Waals surface area (Å²) in [6.07, 6.45) is -4.09. The first kappa shape index (κ1) is 20.6. The summed E-state index contributed by atoms with van der Waals surface area (Å²) in [4.78, 5) is 26.1. The van der Waals surface area contributed by atoms with Gasteiger partial charge < -0.3 is 25.4 Å². The Bertz CT molecular complexity index is 796. The number of aliphatic hydroxyl groups excluding tert-OH is 2. The lowest BCUT2D eigenvalue weighted by Gasteiger charge is -2.24. The summed E-state index contributed by atoms with van der Waals surface area (Å²) in [5.74, 6) is -4.02. The third kappa shape index (κ3) is 3.86. The molecule has 5 atom stereocenters. The molecule has 5 N–H and O–H groups in total. The maximum absolute atomic E-state index is 14.9. The number of hydrogen-bond acceptors (Lipinski definition) is 8. The van der Waals surface area contributed by atoms with Crippen molar-refractivity contribution in [1.82, 2.24) is 9.55 Å². The standard InChI is InChI=1S/C15H22FN3O6S/c1-6(2)8(17)13(22)24-5-15(16)10(21)9(20)12(25-15)19-4-7(3)11(26)18-14(19)23/h4,6,8-10,12,20-21H,5,17H2,1-3H3,(H,18,23,26)/t8-,9+,10-,12+,15+/m0/s1. The summed E-state index contributed by atoms with van der Waals surface area (Å²) in [5.41, 5.74) is 5.34. The Morgan fingerprint density at radius 3 is 2.77 bits per heavy atom. The van der Waals surface area contributed by atoms with Crippen LogP contribution >= 0.6 is 12.2 Å². The van der Waals surface area contributed by atoms with Gasteiger partial charge >= 0.3 is 11.7 Å². The molecule has 0 aliphatic carbocycles. The summed E-state index contributed by atoms with van der Waals surface area (Å²) in [6, 6.07) is -0.975. The summed E-state index contributed by atoms with van der Waals surface area (Å²) in [5, 5.41) is 20.1. The van der Waals surface area contributed by atoms with E-state index >= 15 is 0 Å². The highest BCUT2D eigenvalue weighted by molar-refractivity contribution is 7.71. The maximum Gasteiger partial charge on any atom is 0.328 e. The Hall–Kier alpha value is -1.66. The number of esters is 1. The lowest BCUT2D eigenvalue weighted by Crippen LogP contribution is -2.46. The van der Waals surface area contributed by atoms with Crippen LogP contribution in [-0.4, -0.2) is 56.4 Å². The molecule has 0 unspecified atom stereocenters. The smallest absolute Gasteiger partial charge is 0.328 e. The second-order valence-electron chi connectivity index (χ2n) is 6.59. The Balaban J connectivity index is 2.21. The first-order chi connectivity index (χ1) is 12.0. The quantitative estimate of drug-likeness (QED) is 0.395. The molecule has 1 aromatic heterocycles. The van der Waals surface area contributed by atoms with Gasteiger partial charge in [-0.3, -0.25) is 14.3 Å². The van der Waals surface area contributed by atoms with Gasteiger partial charge in [0.05, 0.1) is 0 Å². The van der Waals surface area contributed by atoms with E-state index in [0.717, 1.165) is 4.57 Å². The van der Waals surface area contributed by atoms with Crippen LogP contribution in [0, 0.1) is 17.5 Å². The number of halogens is 1. The van der Waals surface area contributed by atoms with Gasteiger partial charge in [-0.25, -0.2) is 9.18 Å². The molecule has 0 aromatic carbocycles. The van der Waals surface area contributed by atoms with Crippen molar-refractivity contribution in [2.45, 2.75) is 51.1 Å². The molecule has 9 nitrogen and oxygen atoms in total. The van der Waals surface area contributed by atoms with E-state index in [9.17, 15) is 24.2 Å². The molecule has 1 aromatic rings. The number of alkyl halides is 1. The Morgan fingerprint density at radius 1 is 1.58 bits per heavy atom. The van der Waals surface area contributed by atoms with Crippen molar-refractivity contribution in [3.8, 4) is 0 Å². The van der Waals surface area contributed by atoms with Crippen molar-refractivity contribution in [3.63, 3.8) is 0 Å². The number of nitrogens with zero attached hydrogens (tertiary/aromatic N) is 1. The number of aliphatic hydroxyl groups is 2. The number of H-pyrrole nitrogens is 1. The summed E-state index contributed by atoms with van der Waals surface area (Å²) in [6.45, 7) is 3.99. The van der Waals surface area contributed by atoms with Crippen molar-refractivity contribution < 1.29 is 28.9 Å². The maximum atomic E-state index is 14.9. The van der Waals surface area contributed by atoms with Gasteiger partial charge in [-0.05, 0) is 12.8 Å². The number of aromatic amines is 1. The van der Waals surface area contributed by atoms with E-state index in [4.69, 9.17) is 27.4 Å². The Kier molecular flexibility index (Phi) is 5.98. The molecular formula is C15H22FN3O6S. The first-order valence-electron chi connectivity index (χ1n) is 7.95. The lowest BCUT2D eigenvalue weighted by molar-refractivity contribution is -0.217. The number of aryl methyl sites for hydroxylation is 1. The van der Waals surface area contributed by atoms with Crippen molar-refractivity contribution in [2.75, 3.05) is 6.61 Å².